The smallest absolute Gasteiger partial charge is 0.421 e. The number of nitrogens with zero attached hydrogens (tertiary/aromatic N) is 4. The third-order valence-electron chi connectivity index (χ3n) is 6.27. The Morgan fingerprint density at radius 3 is 2.40 bits per heavy atom. The summed E-state index contributed by atoms with van der Waals surface area (Å²) in [6.45, 7) is 4.01. The standard InChI is InChI=1S/C25H24F6N6O3/c1-14-13-36(22-33-11-17(12-34-22)24(26,27)28)7-8-37(14)23(39)35-19-5-3-4-6-20(19)40-15(2)16-9-18(25(29,30)31)21(38)32-10-16/h3-6,9-12,14-15H,7-8,13H2,1-2H3,(H,32,38)(H,35,39)/t14-,15+/m0/s1. The first kappa shape index (κ1) is 28.7. The summed E-state index contributed by atoms with van der Waals surface area (Å²) in [5, 5.41) is 2.74. The predicted octanol–water partition coefficient (Wildman–Crippen LogP) is 5.09. The number of anilines is 2. The number of pyridine rings is 1. The van der Waals surface area contributed by atoms with Crippen LogP contribution in [0.15, 0.2) is 53.7 Å². The molecule has 0 radical (unpaired) electrons. The second-order valence-electron chi connectivity index (χ2n) is 9.12. The molecule has 2 amide bonds. The monoisotopic (exact) mass is 570 g/mol. The maximum atomic E-state index is 13.2. The van der Waals surface area contributed by atoms with Crippen molar-refractivity contribution in [3.63, 3.8) is 0 Å². The van der Waals surface area contributed by atoms with Crippen LogP contribution in [0.4, 0.5) is 42.8 Å². The topological polar surface area (TPSA) is 103 Å². The van der Waals surface area contributed by atoms with E-state index in [1.165, 1.54) is 17.9 Å². The maximum Gasteiger partial charge on any atom is 0.421 e. The molecule has 0 spiro atoms. The van der Waals surface area contributed by atoms with Crippen LogP contribution in [0.25, 0.3) is 0 Å². The minimum atomic E-state index is -4.84. The molecule has 9 nitrogen and oxygen atoms in total. The second kappa shape index (κ2) is 11.1. The molecule has 214 valence electrons. The van der Waals surface area contributed by atoms with Crippen molar-refractivity contribution in [3.05, 3.63) is 76.0 Å². The lowest BCUT2D eigenvalue weighted by Gasteiger charge is -2.39. The lowest BCUT2D eigenvalue weighted by Crippen LogP contribution is -2.55. The number of halogens is 6. The Morgan fingerprint density at radius 2 is 1.77 bits per heavy atom. The first-order valence-corrected chi connectivity index (χ1v) is 12.0. The van der Waals surface area contributed by atoms with Crippen LogP contribution < -0.4 is 20.5 Å². The molecule has 2 atom stereocenters. The van der Waals surface area contributed by atoms with Crippen molar-refractivity contribution in [2.75, 3.05) is 29.9 Å². The summed E-state index contributed by atoms with van der Waals surface area (Å²) < 4.78 is 83.7. The third-order valence-corrected chi connectivity index (χ3v) is 6.27. The molecule has 1 aromatic carbocycles. The van der Waals surface area contributed by atoms with Crippen LogP contribution in [0.3, 0.4) is 0 Å². The minimum absolute atomic E-state index is 0.0725. The van der Waals surface area contributed by atoms with Crippen LogP contribution >= 0.6 is 0 Å². The largest absolute Gasteiger partial charge is 0.484 e. The van der Waals surface area contributed by atoms with Gasteiger partial charge in [-0.05, 0) is 32.0 Å². The molecular weight excluding hydrogens is 546 g/mol. The highest BCUT2D eigenvalue weighted by atomic mass is 19.4. The predicted molar refractivity (Wildman–Crippen MR) is 132 cm³/mol. The number of carbonyl (C=O) groups excluding carboxylic acids is 1. The van der Waals surface area contributed by atoms with E-state index in [1.807, 2.05) is 0 Å². The van der Waals surface area contributed by atoms with Crippen molar-refractivity contribution in [1.82, 2.24) is 19.9 Å². The molecule has 0 aliphatic carbocycles. The average molecular weight is 570 g/mol. The van der Waals surface area contributed by atoms with Crippen LogP contribution in [-0.2, 0) is 12.4 Å². The quantitative estimate of drug-likeness (QED) is 0.415. The number of hydrogen-bond donors (Lipinski definition) is 2. The maximum absolute atomic E-state index is 13.2. The van der Waals surface area contributed by atoms with Gasteiger partial charge in [0.05, 0.1) is 11.3 Å². The van der Waals surface area contributed by atoms with Crippen molar-refractivity contribution in [3.8, 4) is 5.75 Å². The number of nitrogens with one attached hydrogen (secondary N) is 2. The van der Waals surface area contributed by atoms with Gasteiger partial charge in [0, 0.05) is 49.8 Å². The molecule has 3 aromatic rings. The number of rotatable bonds is 5. The summed E-state index contributed by atoms with van der Waals surface area (Å²) in [7, 11) is 0. The zero-order chi connectivity index (χ0) is 29.2. The van der Waals surface area contributed by atoms with E-state index in [4.69, 9.17) is 4.74 Å². The number of urea groups is 1. The molecule has 4 rings (SSSR count). The summed E-state index contributed by atoms with van der Waals surface area (Å²) in [5.74, 6) is 0.302. The highest BCUT2D eigenvalue weighted by Gasteiger charge is 2.35. The van der Waals surface area contributed by atoms with Crippen LogP contribution in [0, 0.1) is 0 Å². The summed E-state index contributed by atoms with van der Waals surface area (Å²) in [6.07, 6.45) is -7.75. The molecule has 3 heterocycles. The van der Waals surface area contributed by atoms with Gasteiger partial charge in [-0.15, -0.1) is 0 Å². The fourth-order valence-corrected chi connectivity index (χ4v) is 4.14. The summed E-state index contributed by atoms with van der Waals surface area (Å²) in [4.78, 5) is 37.6. The van der Waals surface area contributed by atoms with Crippen molar-refractivity contribution in [1.29, 1.82) is 0 Å². The van der Waals surface area contributed by atoms with Crippen LogP contribution in [0.2, 0.25) is 0 Å². The van der Waals surface area contributed by atoms with Gasteiger partial charge in [-0.3, -0.25) is 4.79 Å². The Morgan fingerprint density at radius 1 is 1.10 bits per heavy atom. The number of alkyl halides is 6. The molecule has 1 aliphatic rings. The summed E-state index contributed by atoms with van der Waals surface area (Å²) >= 11 is 0. The Hall–Kier alpha value is -4.30. The fourth-order valence-electron chi connectivity index (χ4n) is 4.14. The summed E-state index contributed by atoms with van der Waals surface area (Å²) in [6, 6.07) is 6.22. The van der Waals surface area contributed by atoms with E-state index in [2.05, 4.69) is 20.3 Å². The van der Waals surface area contributed by atoms with E-state index in [0.29, 0.717) is 18.5 Å². The molecule has 0 unspecified atom stereocenters. The normalized spacial score (nSPS) is 16.9. The van der Waals surface area contributed by atoms with E-state index in [1.54, 1.807) is 30.0 Å². The van der Waals surface area contributed by atoms with Gasteiger partial charge in [-0.25, -0.2) is 14.8 Å². The van der Waals surface area contributed by atoms with Crippen molar-refractivity contribution in [2.24, 2.45) is 0 Å². The number of aromatic amines is 1. The highest BCUT2D eigenvalue weighted by molar-refractivity contribution is 5.91. The molecule has 2 aromatic heterocycles. The van der Waals surface area contributed by atoms with E-state index >= 15 is 0 Å². The number of ether oxygens (including phenoxy) is 1. The fraction of sp³-hybridized carbons (Fsp3) is 0.360. The number of amides is 2. The molecule has 1 fully saturated rings. The number of aromatic nitrogens is 3. The van der Waals surface area contributed by atoms with Crippen LogP contribution in [-0.4, -0.2) is 51.6 Å². The van der Waals surface area contributed by atoms with Crippen molar-refractivity contribution < 1.29 is 35.9 Å². The van der Waals surface area contributed by atoms with E-state index in [9.17, 15) is 35.9 Å². The molecule has 0 bridgehead atoms. The Balaban J connectivity index is 1.42. The molecular formula is C25H24F6N6O3. The van der Waals surface area contributed by atoms with Crippen LogP contribution in [0.5, 0.6) is 5.75 Å². The van der Waals surface area contributed by atoms with Gasteiger partial charge in [-0.1, -0.05) is 12.1 Å². The molecule has 2 N–H and O–H groups in total. The van der Waals surface area contributed by atoms with Gasteiger partial charge in [0.15, 0.2) is 0 Å². The Kier molecular flexibility index (Phi) is 7.93. The first-order chi connectivity index (χ1) is 18.7. The number of hydrogen-bond acceptors (Lipinski definition) is 6. The third kappa shape index (κ3) is 6.46. The van der Waals surface area contributed by atoms with Crippen molar-refractivity contribution >= 4 is 17.7 Å². The number of benzene rings is 1. The van der Waals surface area contributed by atoms with E-state index < -0.39 is 41.2 Å². The second-order valence-corrected chi connectivity index (χ2v) is 9.12. The highest BCUT2D eigenvalue weighted by Crippen LogP contribution is 2.32. The van der Waals surface area contributed by atoms with Gasteiger partial charge in [0.2, 0.25) is 5.95 Å². The van der Waals surface area contributed by atoms with Crippen molar-refractivity contribution in [2.45, 2.75) is 38.3 Å². The SMILES string of the molecule is C[C@@H](Oc1ccccc1NC(=O)N1CCN(c2ncc(C(F)(F)F)cn2)C[C@@H]1C)c1c[nH]c(=O)c(C(F)(F)F)c1. The lowest BCUT2D eigenvalue weighted by molar-refractivity contribution is -0.139. The molecule has 15 heteroatoms. The van der Waals surface area contributed by atoms with Gasteiger partial charge in [0.1, 0.15) is 17.4 Å². The molecule has 0 saturated carbocycles. The lowest BCUT2D eigenvalue weighted by atomic mass is 10.1. The number of piperazine rings is 1. The number of para-hydroxylation sites is 2. The molecule has 1 aliphatic heterocycles. The summed E-state index contributed by atoms with van der Waals surface area (Å²) in [5.41, 5.74) is -3.24. The zero-order valence-corrected chi connectivity index (χ0v) is 21.2. The molecule has 1 saturated heterocycles. The van der Waals surface area contributed by atoms with E-state index in [0.717, 1.165) is 6.20 Å². The Bertz CT molecular complexity index is 1410. The molecule has 40 heavy (non-hydrogen) atoms. The van der Waals surface area contributed by atoms with E-state index in [-0.39, 0.29) is 48.6 Å². The zero-order valence-electron chi connectivity index (χ0n) is 21.2. The number of H-pyrrole nitrogens is 1. The van der Waals surface area contributed by atoms with Gasteiger partial charge in [-0.2, -0.15) is 26.3 Å². The van der Waals surface area contributed by atoms with Gasteiger partial charge in [0.25, 0.3) is 5.56 Å². The number of carbonyl (C=O) groups is 1. The van der Waals surface area contributed by atoms with Gasteiger partial charge < -0.3 is 24.8 Å². The van der Waals surface area contributed by atoms with Crippen LogP contribution in [0.1, 0.15) is 36.6 Å². The van der Waals surface area contributed by atoms with Gasteiger partial charge >= 0.3 is 18.4 Å². The minimum Gasteiger partial charge on any atom is -0.484 e. The average Bonchev–Trinajstić information content (AvgIpc) is 2.88. The Labute approximate surface area is 223 Å². The first-order valence-electron chi connectivity index (χ1n) is 12.0.